The Morgan fingerprint density at radius 2 is 1.91 bits per heavy atom. The molecule has 0 fully saturated rings. The highest BCUT2D eigenvalue weighted by atomic mass is 35.5. The van der Waals surface area contributed by atoms with E-state index in [-0.39, 0.29) is 24.2 Å². The Morgan fingerprint density at radius 3 is 2.59 bits per heavy atom. The van der Waals surface area contributed by atoms with Crippen LogP contribution in [0.25, 0.3) is 22.8 Å². The van der Waals surface area contributed by atoms with Gasteiger partial charge in [-0.25, -0.2) is 4.68 Å². The van der Waals surface area contributed by atoms with Crippen molar-refractivity contribution < 1.29 is 9.32 Å². The van der Waals surface area contributed by atoms with Crippen LogP contribution in [-0.2, 0) is 17.9 Å². The topological polar surface area (TPSA) is 112 Å². The molecule has 0 aliphatic carbocycles. The van der Waals surface area contributed by atoms with Gasteiger partial charge in [0.2, 0.25) is 11.7 Å². The van der Waals surface area contributed by atoms with E-state index in [1.165, 1.54) is 22.0 Å². The van der Waals surface area contributed by atoms with Crippen LogP contribution in [0.5, 0.6) is 0 Å². The minimum Gasteiger partial charge on any atom is -0.383 e. The van der Waals surface area contributed by atoms with Gasteiger partial charge in [-0.2, -0.15) is 10.1 Å². The lowest BCUT2D eigenvalue weighted by molar-refractivity contribution is -0.122. The van der Waals surface area contributed by atoms with Crippen molar-refractivity contribution >= 4 is 35.1 Å². The number of rotatable bonds is 7. The van der Waals surface area contributed by atoms with Crippen molar-refractivity contribution in [2.45, 2.75) is 25.0 Å². The predicted octanol–water partition coefficient (Wildman–Crippen LogP) is 4.18. The summed E-state index contributed by atoms with van der Waals surface area (Å²) >= 11 is 7.32. The molecule has 0 saturated carbocycles. The van der Waals surface area contributed by atoms with Gasteiger partial charge in [-0.1, -0.05) is 46.6 Å². The van der Waals surface area contributed by atoms with E-state index in [0.717, 1.165) is 11.1 Å². The summed E-state index contributed by atoms with van der Waals surface area (Å²) in [5, 5.41) is 12.6. The van der Waals surface area contributed by atoms with Crippen molar-refractivity contribution in [1.82, 2.24) is 25.2 Å². The van der Waals surface area contributed by atoms with Crippen LogP contribution in [0.4, 0.5) is 5.82 Å². The lowest BCUT2D eigenvalue weighted by atomic mass is 10.1. The largest absolute Gasteiger partial charge is 0.383 e. The number of aryl methyl sites for hydroxylation is 1. The molecule has 10 heteroatoms. The average Bonchev–Trinajstić information content (AvgIpc) is 3.38. The van der Waals surface area contributed by atoms with Crippen molar-refractivity contribution in [2.24, 2.45) is 0 Å². The lowest BCUT2D eigenvalue weighted by Crippen LogP contribution is -2.28. The molecule has 8 nitrogen and oxygen atoms in total. The molecule has 2 heterocycles. The molecule has 4 rings (SSSR count). The van der Waals surface area contributed by atoms with Gasteiger partial charge in [0.15, 0.2) is 0 Å². The molecule has 164 valence electrons. The summed E-state index contributed by atoms with van der Waals surface area (Å²) in [6.45, 7) is 2.42. The second kappa shape index (κ2) is 9.46. The number of carbonyl (C=O) groups excluding carboxylic acids is 1. The molecule has 1 amide bonds. The highest BCUT2D eigenvalue weighted by Crippen LogP contribution is 2.34. The van der Waals surface area contributed by atoms with E-state index in [2.05, 4.69) is 20.6 Å². The first-order valence-corrected chi connectivity index (χ1v) is 11.4. The zero-order valence-corrected chi connectivity index (χ0v) is 19.1. The number of nitrogens with one attached hydrogen (secondary N) is 1. The van der Waals surface area contributed by atoms with Gasteiger partial charge in [0, 0.05) is 17.1 Å². The van der Waals surface area contributed by atoms with Crippen LogP contribution in [0.1, 0.15) is 11.1 Å². The van der Waals surface area contributed by atoms with E-state index >= 15 is 0 Å². The van der Waals surface area contributed by atoms with Gasteiger partial charge in [-0.05, 0) is 43.0 Å². The molecule has 0 radical (unpaired) electrons. The van der Waals surface area contributed by atoms with Crippen LogP contribution >= 0.6 is 23.4 Å². The Balaban J connectivity index is 1.51. The molecule has 2 aromatic heterocycles. The fraction of sp³-hybridized carbons (Fsp3) is 0.182. The number of nitrogens with zero attached hydrogens (tertiary/aromatic N) is 4. The first-order valence-electron chi connectivity index (χ1n) is 9.77. The average molecular weight is 469 g/mol. The maximum Gasteiger partial charge on any atom is 0.264 e. The van der Waals surface area contributed by atoms with E-state index in [9.17, 15) is 4.79 Å². The molecule has 3 N–H and O–H groups in total. The third kappa shape index (κ3) is 4.79. The second-order valence-electron chi connectivity index (χ2n) is 7.12. The van der Waals surface area contributed by atoms with Crippen molar-refractivity contribution in [3.63, 3.8) is 0 Å². The van der Waals surface area contributed by atoms with Crippen LogP contribution in [0.3, 0.4) is 0 Å². The molecular weight excluding hydrogens is 448 g/mol. The minimum atomic E-state index is -0.202. The summed E-state index contributed by atoms with van der Waals surface area (Å²) in [6, 6.07) is 15.1. The van der Waals surface area contributed by atoms with Crippen molar-refractivity contribution in [1.29, 1.82) is 0 Å². The number of benzene rings is 2. The molecule has 0 spiro atoms. The van der Waals surface area contributed by atoms with Crippen LogP contribution in [0.2, 0.25) is 5.02 Å². The summed E-state index contributed by atoms with van der Waals surface area (Å²) in [7, 11) is 0. The van der Waals surface area contributed by atoms with E-state index in [4.69, 9.17) is 21.9 Å². The van der Waals surface area contributed by atoms with Gasteiger partial charge in [0.1, 0.15) is 23.0 Å². The van der Waals surface area contributed by atoms with Crippen molar-refractivity contribution in [3.05, 3.63) is 64.7 Å². The van der Waals surface area contributed by atoms with Gasteiger partial charge in [-0.3, -0.25) is 4.79 Å². The summed E-state index contributed by atoms with van der Waals surface area (Å²) in [5.74, 6) is 0.729. The molecule has 0 aliphatic rings. The van der Waals surface area contributed by atoms with Crippen molar-refractivity contribution in [3.8, 4) is 22.8 Å². The van der Waals surface area contributed by atoms with Crippen LogP contribution in [-0.4, -0.2) is 32.1 Å². The van der Waals surface area contributed by atoms with E-state index in [0.29, 0.717) is 28.0 Å². The number of nitrogens with two attached hydrogens (primary N) is 1. The van der Waals surface area contributed by atoms with Gasteiger partial charge in [0.25, 0.3) is 5.89 Å². The summed E-state index contributed by atoms with van der Waals surface area (Å²) < 4.78 is 6.89. The molecule has 2 aromatic carbocycles. The highest BCUT2D eigenvalue weighted by molar-refractivity contribution is 7.98. The standard InChI is InChI=1S/C22H21ClN6O2S/c1-13-3-5-14(6-4-13)11-25-17(30)12-29-19(24)18(22(27-29)32-2)21-26-20(28-31-21)15-7-9-16(23)10-8-15/h3-10H,11-12,24H2,1-2H3,(H,25,30). The Morgan fingerprint density at radius 1 is 1.19 bits per heavy atom. The molecule has 0 bridgehead atoms. The molecule has 0 unspecified atom stereocenters. The fourth-order valence-corrected chi connectivity index (χ4v) is 3.76. The van der Waals surface area contributed by atoms with Crippen LogP contribution in [0, 0.1) is 6.92 Å². The Hall–Kier alpha value is -3.30. The Kier molecular flexibility index (Phi) is 6.48. The fourth-order valence-electron chi connectivity index (χ4n) is 3.06. The van der Waals surface area contributed by atoms with Crippen LogP contribution < -0.4 is 11.1 Å². The van der Waals surface area contributed by atoms with Gasteiger partial charge in [-0.15, -0.1) is 11.8 Å². The molecule has 0 saturated heterocycles. The smallest absolute Gasteiger partial charge is 0.264 e. The van der Waals surface area contributed by atoms with Crippen molar-refractivity contribution in [2.75, 3.05) is 12.0 Å². The second-order valence-corrected chi connectivity index (χ2v) is 8.35. The number of halogens is 1. The number of amides is 1. The van der Waals surface area contributed by atoms with Crippen LogP contribution in [0.15, 0.2) is 58.1 Å². The van der Waals surface area contributed by atoms with E-state index in [1.54, 1.807) is 24.3 Å². The van der Waals surface area contributed by atoms with E-state index in [1.807, 2.05) is 37.4 Å². The third-order valence-electron chi connectivity index (χ3n) is 4.80. The summed E-state index contributed by atoms with van der Waals surface area (Å²) in [6.07, 6.45) is 1.86. The number of carbonyl (C=O) groups is 1. The minimum absolute atomic E-state index is 0.0244. The first kappa shape index (κ1) is 21.9. The number of nitrogen functional groups attached to an aromatic ring is 1. The molecular formula is C22H21ClN6O2S. The summed E-state index contributed by atoms with van der Waals surface area (Å²) in [4.78, 5) is 16.9. The Bertz CT molecular complexity index is 1230. The lowest BCUT2D eigenvalue weighted by Gasteiger charge is -2.07. The van der Waals surface area contributed by atoms with Gasteiger partial charge in [0.05, 0.1) is 0 Å². The quantitative estimate of drug-likeness (QED) is 0.391. The molecule has 32 heavy (non-hydrogen) atoms. The predicted molar refractivity (Wildman–Crippen MR) is 125 cm³/mol. The SMILES string of the molecule is CSc1nn(CC(=O)NCc2ccc(C)cc2)c(N)c1-c1nc(-c2ccc(Cl)cc2)no1. The van der Waals surface area contributed by atoms with E-state index < -0.39 is 0 Å². The van der Waals surface area contributed by atoms with Gasteiger partial charge < -0.3 is 15.6 Å². The van der Waals surface area contributed by atoms with Gasteiger partial charge >= 0.3 is 0 Å². The number of hydrogen-bond acceptors (Lipinski definition) is 7. The maximum absolute atomic E-state index is 12.5. The molecule has 0 aliphatic heterocycles. The number of aromatic nitrogens is 4. The first-order chi connectivity index (χ1) is 15.4. The zero-order chi connectivity index (χ0) is 22.7. The number of anilines is 1. The maximum atomic E-state index is 12.5. The summed E-state index contributed by atoms with van der Waals surface area (Å²) in [5.41, 5.74) is 9.77. The zero-order valence-electron chi connectivity index (χ0n) is 17.5. The molecule has 4 aromatic rings. The molecule has 0 atom stereocenters. The Labute approximate surface area is 194 Å². The third-order valence-corrected chi connectivity index (χ3v) is 5.72. The number of hydrogen-bond donors (Lipinski definition) is 2. The monoisotopic (exact) mass is 468 g/mol. The highest BCUT2D eigenvalue weighted by Gasteiger charge is 2.23. The number of thioether (sulfide) groups is 1. The normalized spacial score (nSPS) is 11.0.